The number of carbonyl (C=O) groups excluding carboxylic acids is 1. The van der Waals surface area contributed by atoms with Crippen LogP contribution in [0.4, 0.5) is 0 Å². The first-order valence-corrected chi connectivity index (χ1v) is 7.53. The number of carbonyl (C=O) groups is 1. The van der Waals surface area contributed by atoms with Crippen molar-refractivity contribution in [2.75, 3.05) is 0 Å². The van der Waals surface area contributed by atoms with E-state index in [4.69, 9.17) is 10.5 Å². The maximum Gasteiger partial charge on any atom is 0.327 e. The van der Waals surface area contributed by atoms with Gasteiger partial charge in [0.2, 0.25) is 0 Å². The van der Waals surface area contributed by atoms with E-state index in [1.165, 1.54) is 0 Å². The lowest BCUT2D eigenvalue weighted by molar-refractivity contribution is -0.150. The van der Waals surface area contributed by atoms with Gasteiger partial charge in [0.15, 0.2) is 0 Å². The van der Waals surface area contributed by atoms with Crippen molar-refractivity contribution in [3.05, 3.63) is 71.3 Å². The molecule has 2 aromatic rings. The minimum atomic E-state index is -1.12. The van der Waals surface area contributed by atoms with Crippen molar-refractivity contribution in [2.45, 2.75) is 32.4 Å². The summed E-state index contributed by atoms with van der Waals surface area (Å²) in [4.78, 5) is 12.1. The van der Waals surface area contributed by atoms with Gasteiger partial charge in [-0.25, -0.2) is 0 Å². The first kappa shape index (κ1) is 16.8. The van der Waals surface area contributed by atoms with Crippen LogP contribution >= 0.6 is 0 Å². The number of ether oxygens (including phenoxy) is 1. The minimum absolute atomic E-state index is 0.220. The average molecular weight is 307 g/mol. The molecule has 0 aliphatic rings. The van der Waals surface area contributed by atoms with Gasteiger partial charge in [-0.3, -0.25) is 4.79 Å². The molecule has 0 saturated heterocycles. The highest BCUT2D eigenvalue weighted by atomic mass is 16.5. The largest absolute Gasteiger partial charge is 0.459 e. The van der Waals surface area contributed by atoms with Crippen molar-refractivity contribution in [2.24, 2.45) is 5.73 Å². The van der Waals surface area contributed by atoms with E-state index in [1.54, 1.807) is 6.92 Å². The average Bonchev–Trinajstić information content (AvgIpc) is 2.55. The van der Waals surface area contributed by atoms with Gasteiger partial charge in [0.05, 0.1) is 0 Å². The second-order valence-electron chi connectivity index (χ2n) is 5.77. The predicted molar refractivity (Wildman–Crippen MR) is 91.5 cm³/mol. The molecule has 0 radical (unpaired) electrons. The van der Waals surface area contributed by atoms with Gasteiger partial charge in [0, 0.05) is 12.0 Å². The molecule has 1 atom stereocenters. The molecule has 2 N–H and O–H groups in total. The monoisotopic (exact) mass is 307 g/mol. The highest BCUT2D eigenvalue weighted by Crippen LogP contribution is 2.11. The summed E-state index contributed by atoms with van der Waals surface area (Å²) >= 11 is 0. The smallest absolute Gasteiger partial charge is 0.327 e. The quantitative estimate of drug-likeness (QED) is 0.697. The molecule has 0 aliphatic heterocycles. The van der Waals surface area contributed by atoms with Crippen molar-refractivity contribution < 1.29 is 9.53 Å². The standard InChI is InChI=1S/C20H21NO2/c1-16-9-6-7-12-18(16)13-8-14-20(2,21)19(22)23-15-17-10-4-3-5-11-17/h3-7,9-12H,14-15,21H2,1-2H3/t20-/m0/s1. The lowest BCUT2D eigenvalue weighted by atomic mass is 9.99. The summed E-state index contributed by atoms with van der Waals surface area (Å²) < 4.78 is 5.29. The summed E-state index contributed by atoms with van der Waals surface area (Å²) in [6.07, 6.45) is 0.245. The molecule has 118 valence electrons. The highest BCUT2D eigenvalue weighted by Gasteiger charge is 2.29. The summed E-state index contributed by atoms with van der Waals surface area (Å²) in [6, 6.07) is 17.4. The minimum Gasteiger partial charge on any atom is -0.459 e. The third-order valence-corrected chi connectivity index (χ3v) is 3.50. The fourth-order valence-corrected chi connectivity index (χ4v) is 2.00. The van der Waals surface area contributed by atoms with Crippen LogP contribution in [0, 0.1) is 18.8 Å². The summed E-state index contributed by atoms with van der Waals surface area (Å²) in [6.45, 7) is 3.87. The Morgan fingerprint density at radius 2 is 1.78 bits per heavy atom. The molecule has 3 heteroatoms. The van der Waals surface area contributed by atoms with Gasteiger partial charge in [0.1, 0.15) is 12.1 Å². The van der Waals surface area contributed by atoms with Gasteiger partial charge in [-0.1, -0.05) is 60.4 Å². The Morgan fingerprint density at radius 1 is 1.13 bits per heavy atom. The van der Waals surface area contributed by atoms with Gasteiger partial charge in [-0.05, 0) is 31.0 Å². The number of rotatable bonds is 4. The van der Waals surface area contributed by atoms with Crippen LogP contribution in [0.5, 0.6) is 0 Å². The van der Waals surface area contributed by atoms with E-state index in [0.29, 0.717) is 0 Å². The maximum atomic E-state index is 12.1. The Morgan fingerprint density at radius 3 is 2.48 bits per heavy atom. The third-order valence-electron chi connectivity index (χ3n) is 3.50. The topological polar surface area (TPSA) is 52.3 Å². The van der Waals surface area contributed by atoms with Gasteiger partial charge in [0.25, 0.3) is 0 Å². The molecule has 0 heterocycles. The number of hydrogen-bond donors (Lipinski definition) is 1. The molecule has 2 aromatic carbocycles. The van der Waals surface area contributed by atoms with Crippen LogP contribution in [0.25, 0.3) is 0 Å². The zero-order valence-electron chi connectivity index (χ0n) is 13.5. The summed E-state index contributed by atoms with van der Waals surface area (Å²) in [5.74, 6) is 5.60. The van der Waals surface area contributed by atoms with Crippen molar-refractivity contribution in [3.8, 4) is 11.8 Å². The summed E-state index contributed by atoms with van der Waals surface area (Å²) in [7, 11) is 0. The number of benzene rings is 2. The molecule has 23 heavy (non-hydrogen) atoms. The Kier molecular flexibility index (Phi) is 5.56. The van der Waals surface area contributed by atoms with Crippen molar-refractivity contribution in [1.82, 2.24) is 0 Å². The van der Waals surface area contributed by atoms with Crippen molar-refractivity contribution in [1.29, 1.82) is 0 Å². The van der Waals surface area contributed by atoms with Crippen LogP contribution in [0.15, 0.2) is 54.6 Å². The molecule has 0 amide bonds. The number of hydrogen-bond acceptors (Lipinski definition) is 3. The van der Waals surface area contributed by atoms with E-state index < -0.39 is 11.5 Å². The Labute approximate surface area is 137 Å². The van der Waals surface area contributed by atoms with Crippen molar-refractivity contribution >= 4 is 5.97 Å². The van der Waals surface area contributed by atoms with E-state index in [1.807, 2.05) is 61.5 Å². The third kappa shape index (κ3) is 4.98. The molecule has 0 saturated carbocycles. The summed E-state index contributed by atoms with van der Waals surface area (Å²) in [5.41, 5.74) is 7.91. The van der Waals surface area contributed by atoms with Crippen LogP contribution in [0.3, 0.4) is 0 Å². The zero-order chi connectivity index (χ0) is 16.7. The first-order valence-electron chi connectivity index (χ1n) is 7.53. The Bertz CT molecular complexity index is 724. The molecule has 0 bridgehead atoms. The normalized spacial score (nSPS) is 12.7. The molecule has 0 aromatic heterocycles. The molecule has 0 aliphatic carbocycles. The first-order chi connectivity index (χ1) is 11.0. The molecule has 0 unspecified atom stereocenters. The maximum absolute atomic E-state index is 12.1. The highest BCUT2D eigenvalue weighted by molar-refractivity contribution is 5.80. The molecular weight excluding hydrogens is 286 g/mol. The molecule has 0 spiro atoms. The fourth-order valence-electron chi connectivity index (χ4n) is 2.00. The Hall–Kier alpha value is -2.57. The predicted octanol–water partition coefficient (Wildman–Crippen LogP) is 3.20. The second-order valence-corrected chi connectivity index (χ2v) is 5.77. The van der Waals surface area contributed by atoms with Crippen LogP contribution in [-0.2, 0) is 16.1 Å². The molecular formula is C20H21NO2. The lowest BCUT2D eigenvalue weighted by Gasteiger charge is -2.19. The molecule has 3 nitrogen and oxygen atoms in total. The van der Waals surface area contributed by atoms with Crippen LogP contribution in [0.1, 0.15) is 30.0 Å². The van der Waals surface area contributed by atoms with Crippen LogP contribution in [-0.4, -0.2) is 11.5 Å². The van der Waals surface area contributed by atoms with E-state index in [-0.39, 0.29) is 13.0 Å². The summed E-state index contributed by atoms with van der Waals surface area (Å²) in [5, 5.41) is 0. The number of nitrogens with two attached hydrogens (primary N) is 1. The lowest BCUT2D eigenvalue weighted by Crippen LogP contribution is -2.45. The fraction of sp³-hybridized carbons (Fsp3) is 0.250. The van der Waals surface area contributed by atoms with Gasteiger partial charge in [-0.15, -0.1) is 0 Å². The van der Waals surface area contributed by atoms with E-state index >= 15 is 0 Å². The molecule has 2 rings (SSSR count). The van der Waals surface area contributed by atoms with E-state index in [2.05, 4.69) is 11.8 Å². The van der Waals surface area contributed by atoms with Gasteiger partial charge in [-0.2, -0.15) is 0 Å². The van der Waals surface area contributed by atoms with Crippen LogP contribution in [0.2, 0.25) is 0 Å². The van der Waals surface area contributed by atoms with Crippen molar-refractivity contribution in [3.63, 3.8) is 0 Å². The zero-order valence-corrected chi connectivity index (χ0v) is 13.5. The second kappa shape index (κ2) is 7.62. The van der Waals surface area contributed by atoms with E-state index in [9.17, 15) is 4.79 Å². The Balaban J connectivity index is 1.93. The molecule has 0 fully saturated rings. The van der Waals surface area contributed by atoms with Gasteiger partial charge < -0.3 is 10.5 Å². The van der Waals surface area contributed by atoms with Crippen LogP contribution < -0.4 is 5.73 Å². The SMILES string of the molecule is Cc1ccccc1C#CC[C@](C)(N)C(=O)OCc1ccccc1. The number of esters is 1. The van der Waals surface area contributed by atoms with Gasteiger partial charge >= 0.3 is 5.97 Å². The van der Waals surface area contributed by atoms with E-state index in [0.717, 1.165) is 16.7 Å². The number of aryl methyl sites for hydroxylation is 1.